The van der Waals surface area contributed by atoms with E-state index in [0.29, 0.717) is 13.0 Å². The average Bonchev–Trinajstić information content (AvgIpc) is 2.69. The molecule has 2 aliphatic heterocycles. The Kier molecular flexibility index (Phi) is 3.20. The summed E-state index contributed by atoms with van der Waals surface area (Å²) in [5.74, 6) is -1.14. The second kappa shape index (κ2) is 5.11. The van der Waals surface area contributed by atoms with Crippen LogP contribution in [-0.4, -0.2) is 33.9 Å². The third kappa shape index (κ3) is 1.89. The molecular formula is C17H20N2O3. The maximum atomic E-state index is 11.8. The van der Waals surface area contributed by atoms with E-state index in [1.165, 1.54) is 16.5 Å². The van der Waals surface area contributed by atoms with Crippen molar-refractivity contribution in [3.8, 4) is 0 Å². The number of aryl methyl sites for hydroxylation is 1. The summed E-state index contributed by atoms with van der Waals surface area (Å²) < 4.78 is 2.16. The van der Waals surface area contributed by atoms with Crippen LogP contribution < -0.4 is 0 Å². The number of fused-ring (bicyclic) bond motifs is 5. The van der Waals surface area contributed by atoms with Crippen molar-refractivity contribution in [2.75, 3.05) is 13.2 Å². The summed E-state index contributed by atoms with van der Waals surface area (Å²) in [4.78, 5) is 17.7. The van der Waals surface area contributed by atoms with Gasteiger partial charge in [0.05, 0.1) is 18.6 Å². The molecular weight excluding hydrogens is 280 g/mol. The van der Waals surface area contributed by atoms with Crippen LogP contribution in [0.2, 0.25) is 0 Å². The minimum Gasteiger partial charge on any atom is -0.481 e. The molecule has 0 bridgehead atoms. The minimum atomic E-state index is -0.724. The number of carboxylic acids is 1. The Hall–Kier alpha value is -1.85. The molecule has 0 aliphatic carbocycles. The highest BCUT2D eigenvalue weighted by atomic mass is 16.7. The summed E-state index contributed by atoms with van der Waals surface area (Å²) >= 11 is 0. The van der Waals surface area contributed by atoms with Gasteiger partial charge in [0.2, 0.25) is 0 Å². The van der Waals surface area contributed by atoms with Gasteiger partial charge in [0.1, 0.15) is 0 Å². The number of hydroxylamine groups is 2. The van der Waals surface area contributed by atoms with E-state index in [1.807, 2.05) is 24.2 Å². The molecule has 0 unspecified atom stereocenters. The molecule has 0 spiro atoms. The normalized spacial score (nSPS) is 25.5. The van der Waals surface area contributed by atoms with E-state index in [1.54, 1.807) is 0 Å². The van der Waals surface area contributed by atoms with Crippen molar-refractivity contribution in [2.24, 2.45) is 13.0 Å². The minimum absolute atomic E-state index is 0.193. The maximum Gasteiger partial charge on any atom is 0.308 e. The molecule has 0 amide bonds. The summed E-state index contributed by atoms with van der Waals surface area (Å²) in [6.07, 6.45) is 2.36. The largest absolute Gasteiger partial charge is 0.481 e. The summed E-state index contributed by atoms with van der Waals surface area (Å²) in [6.45, 7) is 1.37. The molecule has 22 heavy (non-hydrogen) atoms. The zero-order valence-corrected chi connectivity index (χ0v) is 12.7. The topological polar surface area (TPSA) is 54.7 Å². The van der Waals surface area contributed by atoms with Crippen molar-refractivity contribution >= 4 is 16.9 Å². The molecule has 2 atom stereocenters. The van der Waals surface area contributed by atoms with E-state index in [4.69, 9.17) is 4.84 Å². The number of aliphatic carboxylic acids is 1. The van der Waals surface area contributed by atoms with Crippen molar-refractivity contribution in [3.63, 3.8) is 0 Å². The fraction of sp³-hybridized carbons (Fsp3) is 0.471. The molecule has 2 aliphatic rings. The molecule has 1 aromatic carbocycles. The average molecular weight is 300 g/mol. The number of hydrogen-bond acceptors (Lipinski definition) is 3. The van der Waals surface area contributed by atoms with Crippen LogP contribution in [0.1, 0.15) is 30.1 Å². The molecule has 1 N–H and O–H groups in total. The predicted octanol–water partition coefficient (Wildman–Crippen LogP) is 2.50. The van der Waals surface area contributed by atoms with Crippen molar-refractivity contribution < 1.29 is 14.7 Å². The third-order valence-electron chi connectivity index (χ3n) is 5.05. The van der Waals surface area contributed by atoms with Gasteiger partial charge >= 0.3 is 5.97 Å². The van der Waals surface area contributed by atoms with E-state index in [9.17, 15) is 9.90 Å². The lowest BCUT2D eigenvalue weighted by molar-refractivity contribution is -0.197. The number of para-hydroxylation sites is 1. The van der Waals surface area contributed by atoms with Crippen molar-refractivity contribution in [2.45, 2.75) is 25.3 Å². The predicted molar refractivity (Wildman–Crippen MR) is 82.4 cm³/mol. The van der Waals surface area contributed by atoms with Gasteiger partial charge in [-0.15, -0.1) is 0 Å². The molecule has 1 aromatic heterocycles. The lowest BCUT2D eigenvalue weighted by Crippen LogP contribution is -2.41. The Morgan fingerprint density at radius 3 is 3.00 bits per heavy atom. The van der Waals surface area contributed by atoms with Crippen LogP contribution in [-0.2, 0) is 23.1 Å². The van der Waals surface area contributed by atoms with Gasteiger partial charge in [0.25, 0.3) is 0 Å². The number of carbonyl (C=O) groups is 1. The molecule has 0 saturated carbocycles. The zero-order valence-electron chi connectivity index (χ0n) is 12.7. The van der Waals surface area contributed by atoms with E-state index in [2.05, 4.69) is 16.7 Å². The van der Waals surface area contributed by atoms with Crippen LogP contribution in [0.4, 0.5) is 0 Å². The number of benzene rings is 1. The standard InChI is InChI=1S/C17H20N2O3/c1-18-14-7-3-2-5-11(14)12-8-9-19-16(15(12)18)13(17(20)21)6-4-10-22-19/h2-3,5,7,13,16H,4,6,8-10H2,1H3,(H,20,21)/t13-,16-/m0/s1. The summed E-state index contributed by atoms with van der Waals surface area (Å²) in [6, 6.07) is 8.13. The number of aromatic nitrogens is 1. The first kappa shape index (κ1) is 13.8. The molecule has 3 heterocycles. The second-order valence-corrected chi connectivity index (χ2v) is 6.20. The Bertz CT molecular complexity index is 737. The summed E-state index contributed by atoms with van der Waals surface area (Å²) in [5, 5.41) is 12.9. The molecule has 1 fully saturated rings. The molecule has 5 heteroatoms. The van der Waals surface area contributed by atoms with Crippen LogP contribution >= 0.6 is 0 Å². The van der Waals surface area contributed by atoms with Crippen LogP contribution in [0.3, 0.4) is 0 Å². The maximum absolute atomic E-state index is 11.8. The lowest BCUT2D eigenvalue weighted by atomic mass is 9.87. The van der Waals surface area contributed by atoms with E-state index >= 15 is 0 Å². The van der Waals surface area contributed by atoms with Gasteiger partial charge in [-0.1, -0.05) is 18.2 Å². The van der Waals surface area contributed by atoms with Crippen molar-refractivity contribution in [1.82, 2.24) is 9.63 Å². The smallest absolute Gasteiger partial charge is 0.308 e. The summed E-state index contributed by atoms with van der Waals surface area (Å²) in [7, 11) is 2.04. The van der Waals surface area contributed by atoms with Gasteiger partial charge in [0, 0.05) is 30.2 Å². The number of nitrogens with zero attached hydrogens (tertiary/aromatic N) is 2. The van der Waals surface area contributed by atoms with Gasteiger partial charge in [-0.2, -0.15) is 5.06 Å². The lowest BCUT2D eigenvalue weighted by Gasteiger charge is -2.36. The Balaban J connectivity index is 1.94. The van der Waals surface area contributed by atoms with E-state index in [-0.39, 0.29) is 6.04 Å². The fourth-order valence-electron chi connectivity index (χ4n) is 4.07. The third-order valence-corrected chi connectivity index (χ3v) is 5.05. The fourth-order valence-corrected chi connectivity index (χ4v) is 4.07. The quantitative estimate of drug-likeness (QED) is 0.879. The van der Waals surface area contributed by atoms with Gasteiger partial charge < -0.3 is 9.67 Å². The first-order valence-electron chi connectivity index (χ1n) is 7.87. The first-order valence-corrected chi connectivity index (χ1v) is 7.87. The molecule has 1 saturated heterocycles. The molecule has 4 rings (SSSR count). The number of carboxylic acid groups (broad SMARTS) is 1. The summed E-state index contributed by atoms with van der Waals surface area (Å²) in [5.41, 5.74) is 3.57. The second-order valence-electron chi connectivity index (χ2n) is 6.20. The monoisotopic (exact) mass is 300 g/mol. The highest BCUT2D eigenvalue weighted by Gasteiger charge is 2.42. The molecule has 116 valence electrons. The van der Waals surface area contributed by atoms with Crippen LogP contribution in [0, 0.1) is 5.92 Å². The van der Waals surface area contributed by atoms with Crippen LogP contribution in [0.15, 0.2) is 24.3 Å². The van der Waals surface area contributed by atoms with Crippen molar-refractivity contribution in [3.05, 3.63) is 35.5 Å². The number of hydrogen-bond donors (Lipinski definition) is 1. The first-order chi connectivity index (χ1) is 10.7. The SMILES string of the molecule is Cn1c2c(c3ccccc31)CCN1OCCC[C@H](C(=O)O)[C@@H]21. The Morgan fingerprint density at radius 1 is 1.36 bits per heavy atom. The molecule has 2 aromatic rings. The Morgan fingerprint density at radius 2 is 2.18 bits per heavy atom. The van der Waals surface area contributed by atoms with Gasteiger partial charge in [-0.05, 0) is 30.9 Å². The molecule has 0 radical (unpaired) electrons. The van der Waals surface area contributed by atoms with Gasteiger partial charge in [-0.3, -0.25) is 9.63 Å². The van der Waals surface area contributed by atoms with E-state index in [0.717, 1.165) is 25.1 Å². The molecule has 5 nitrogen and oxygen atoms in total. The number of rotatable bonds is 1. The van der Waals surface area contributed by atoms with E-state index < -0.39 is 11.9 Å². The van der Waals surface area contributed by atoms with Crippen LogP contribution in [0.5, 0.6) is 0 Å². The van der Waals surface area contributed by atoms with Gasteiger partial charge in [-0.25, -0.2) is 0 Å². The highest BCUT2D eigenvalue weighted by Crippen LogP contribution is 2.42. The highest BCUT2D eigenvalue weighted by molar-refractivity contribution is 5.86. The van der Waals surface area contributed by atoms with Crippen LogP contribution in [0.25, 0.3) is 10.9 Å². The zero-order chi connectivity index (χ0) is 15.3. The van der Waals surface area contributed by atoms with Crippen molar-refractivity contribution in [1.29, 1.82) is 0 Å². The Labute approximate surface area is 129 Å². The van der Waals surface area contributed by atoms with Gasteiger partial charge in [0.15, 0.2) is 0 Å².